The highest BCUT2D eigenvalue weighted by Crippen LogP contribution is 2.22. The first-order valence-electron chi connectivity index (χ1n) is 3.92. The second-order valence-corrected chi connectivity index (χ2v) is 4.06. The maximum atomic E-state index is 11.4. The quantitative estimate of drug-likeness (QED) is 0.615. The molecule has 1 N–H and O–H groups in total. The molecule has 0 unspecified atom stereocenters. The van der Waals surface area contributed by atoms with Crippen LogP contribution in [0.4, 0.5) is 0 Å². The molecule has 0 bridgehead atoms. The van der Waals surface area contributed by atoms with Gasteiger partial charge in [0.15, 0.2) is 5.41 Å². The van der Waals surface area contributed by atoms with Crippen LogP contribution >= 0.6 is 11.3 Å². The summed E-state index contributed by atoms with van der Waals surface area (Å²) < 4.78 is 4.87. The minimum absolute atomic E-state index is 0.384. The molecule has 0 saturated carbocycles. The molecule has 0 radical (unpaired) electrons. The van der Waals surface area contributed by atoms with Crippen LogP contribution in [0.15, 0.2) is 16.8 Å². The van der Waals surface area contributed by atoms with Crippen molar-refractivity contribution >= 4 is 23.3 Å². The second-order valence-electron chi connectivity index (χ2n) is 3.28. The molecule has 5 heteroatoms. The lowest BCUT2D eigenvalue weighted by atomic mass is 9.94. The first-order valence-corrected chi connectivity index (χ1v) is 4.87. The molecule has 1 heterocycles. The van der Waals surface area contributed by atoms with E-state index in [1.54, 1.807) is 16.8 Å². The molecule has 0 aliphatic rings. The third-order valence-electron chi connectivity index (χ3n) is 1.75. The van der Waals surface area contributed by atoms with E-state index in [9.17, 15) is 9.59 Å². The monoisotopic (exact) mass is 214 g/mol. The third-order valence-corrected chi connectivity index (χ3v) is 2.41. The number of carboxylic acid groups (broad SMARTS) is 1. The zero-order valence-corrected chi connectivity index (χ0v) is 8.63. The Hall–Kier alpha value is -1.36. The Balaban J connectivity index is 2.72. The summed E-state index contributed by atoms with van der Waals surface area (Å²) in [6.07, 6.45) is 0. The van der Waals surface area contributed by atoms with Gasteiger partial charge in [-0.1, -0.05) is 0 Å². The van der Waals surface area contributed by atoms with Gasteiger partial charge in [-0.15, -0.1) is 11.3 Å². The van der Waals surface area contributed by atoms with E-state index in [0.717, 1.165) is 0 Å². The molecule has 14 heavy (non-hydrogen) atoms. The topological polar surface area (TPSA) is 63.6 Å². The number of carboxylic acids is 1. The number of carbonyl (C=O) groups is 2. The molecule has 0 amide bonds. The van der Waals surface area contributed by atoms with Gasteiger partial charge in [0.1, 0.15) is 5.75 Å². The van der Waals surface area contributed by atoms with Crippen LogP contribution in [-0.2, 0) is 9.59 Å². The Morgan fingerprint density at radius 3 is 2.57 bits per heavy atom. The zero-order valence-electron chi connectivity index (χ0n) is 7.81. The van der Waals surface area contributed by atoms with Crippen LogP contribution in [0.1, 0.15) is 13.8 Å². The predicted molar refractivity (Wildman–Crippen MR) is 51.4 cm³/mol. The van der Waals surface area contributed by atoms with E-state index in [1.165, 1.54) is 25.2 Å². The predicted octanol–water partition coefficient (Wildman–Crippen LogP) is 1.76. The smallest absolute Gasteiger partial charge is 0.328 e. The highest BCUT2D eigenvalue weighted by molar-refractivity contribution is 7.08. The average molecular weight is 214 g/mol. The lowest BCUT2D eigenvalue weighted by molar-refractivity contribution is -0.160. The zero-order chi connectivity index (χ0) is 10.8. The molecule has 76 valence electrons. The largest absolute Gasteiger partial charge is 0.480 e. The van der Waals surface area contributed by atoms with E-state index in [2.05, 4.69) is 0 Å². The first kappa shape index (κ1) is 10.7. The molecule has 0 saturated heterocycles. The van der Waals surface area contributed by atoms with E-state index in [-0.39, 0.29) is 0 Å². The van der Waals surface area contributed by atoms with E-state index >= 15 is 0 Å². The molecule has 0 aromatic carbocycles. The molecule has 0 fully saturated rings. The van der Waals surface area contributed by atoms with E-state index < -0.39 is 17.4 Å². The summed E-state index contributed by atoms with van der Waals surface area (Å²) >= 11 is 1.38. The van der Waals surface area contributed by atoms with Gasteiger partial charge in [0.25, 0.3) is 0 Å². The summed E-state index contributed by atoms with van der Waals surface area (Å²) in [6.45, 7) is 2.62. The van der Waals surface area contributed by atoms with E-state index in [4.69, 9.17) is 9.84 Å². The molecular weight excluding hydrogens is 204 g/mol. The fraction of sp³-hybridized carbons (Fsp3) is 0.333. The molecule has 1 aromatic heterocycles. The normalized spacial score (nSPS) is 11.0. The van der Waals surface area contributed by atoms with Gasteiger partial charge in [0.2, 0.25) is 0 Å². The molecule has 0 spiro atoms. The van der Waals surface area contributed by atoms with Gasteiger partial charge >= 0.3 is 11.9 Å². The van der Waals surface area contributed by atoms with Crippen molar-refractivity contribution in [1.82, 2.24) is 0 Å². The Kier molecular flexibility index (Phi) is 2.90. The van der Waals surface area contributed by atoms with Gasteiger partial charge in [-0.3, -0.25) is 9.59 Å². The van der Waals surface area contributed by atoms with E-state index in [1.807, 2.05) is 0 Å². The summed E-state index contributed by atoms with van der Waals surface area (Å²) in [5, 5.41) is 12.1. The van der Waals surface area contributed by atoms with Gasteiger partial charge in [-0.25, -0.2) is 0 Å². The maximum absolute atomic E-state index is 11.4. The van der Waals surface area contributed by atoms with E-state index in [0.29, 0.717) is 5.75 Å². The number of aliphatic carboxylic acids is 1. The third kappa shape index (κ3) is 2.11. The highest BCUT2D eigenvalue weighted by Gasteiger charge is 2.38. The Labute approximate surface area is 85.1 Å². The lowest BCUT2D eigenvalue weighted by Crippen LogP contribution is -2.36. The summed E-state index contributed by atoms with van der Waals surface area (Å²) in [5.41, 5.74) is -1.51. The Morgan fingerprint density at radius 2 is 2.14 bits per heavy atom. The van der Waals surface area contributed by atoms with Crippen LogP contribution in [0.2, 0.25) is 0 Å². The SMILES string of the molecule is CC(C)(C(=O)O)C(=O)Oc1ccsc1. The van der Waals surface area contributed by atoms with Crippen LogP contribution in [0.5, 0.6) is 5.75 Å². The van der Waals surface area contributed by atoms with Crippen molar-refractivity contribution in [3.8, 4) is 5.75 Å². The van der Waals surface area contributed by atoms with Crippen LogP contribution in [0, 0.1) is 5.41 Å². The number of thiophene rings is 1. The van der Waals surface area contributed by atoms with Crippen molar-refractivity contribution in [2.45, 2.75) is 13.8 Å². The lowest BCUT2D eigenvalue weighted by Gasteiger charge is -2.16. The van der Waals surface area contributed by atoms with Gasteiger partial charge in [0, 0.05) is 5.38 Å². The number of esters is 1. The second kappa shape index (κ2) is 3.79. The molecule has 1 aromatic rings. The number of ether oxygens (including phenoxy) is 1. The van der Waals surface area contributed by atoms with Crippen LogP contribution in [0.25, 0.3) is 0 Å². The number of carbonyl (C=O) groups excluding carboxylic acids is 1. The standard InChI is InChI=1S/C9H10O4S/c1-9(2,7(10)11)8(12)13-6-3-4-14-5-6/h3-5H,1-2H3,(H,10,11). The van der Waals surface area contributed by atoms with Crippen LogP contribution in [-0.4, -0.2) is 17.0 Å². The fourth-order valence-electron chi connectivity index (χ4n) is 0.632. The molecular formula is C9H10O4S. The first-order chi connectivity index (χ1) is 6.44. The Bertz CT molecular complexity index is 340. The number of rotatable bonds is 3. The van der Waals surface area contributed by atoms with Crippen molar-refractivity contribution in [3.63, 3.8) is 0 Å². The summed E-state index contributed by atoms with van der Waals surface area (Å²) in [4.78, 5) is 22.1. The molecule has 1 rings (SSSR count). The Morgan fingerprint density at radius 1 is 1.50 bits per heavy atom. The van der Waals surface area contributed by atoms with Crippen LogP contribution in [0.3, 0.4) is 0 Å². The highest BCUT2D eigenvalue weighted by atomic mass is 32.1. The molecule has 0 aliphatic carbocycles. The van der Waals surface area contributed by atoms with Gasteiger partial charge in [-0.2, -0.15) is 0 Å². The molecule has 0 atom stereocenters. The summed E-state index contributed by atoms with van der Waals surface area (Å²) in [6, 6.07) is 1.61. The molecule has 4 nitrogen and oxygen atoms in total. The van der Waals surface area contributed by atoms with Crippen molar-refractivity contribution in [2.75, 3.05) is 0 Å². The van der Waals surface area contributed by atoms with Gasteiger partial charge < -0.3 is 9.84 Å². The van der Waals surface area contributed by atoms with Gasteiger partial charge in [0.05, 0.1) is 0 Å². The van der Waals surface area contributed by atoms with Crippen molar-refractivity contribution in [2.24, 2.45) is 5.41 Å². The van der Waals surface area contributed by atoms with Crippen molar-refractivity contribution in [3.05, 3.63) is 16.8 Å². The summed E-state index contributed by atoms with van der Waals surface area (Å²) in [7, 11) is 0. The van der Waals surface area contributed by atoms with Crippen LogP contribution < -0.4 is 4.74 Å². The minimum Gasteiger partial charge on any atom is -0.480 e. The number of hydrogen-bond donors (Lipinski definition) is 1. The summed E-state index contributed by atoms with van der Waals surface area (Å²) in [5.74, 6) is -1.57. The minimum atomic E-state index is -1.51. The van der Waals surface area contributed by atoms with Gasteiger partial charge in [-0.05, 0) is 25.3 Å². The number of hydrogen-bond acceptors (Lipinski definition) is 4. The fourth-order valence-corrected chi connectivity index (χ4v) is 1.18. The van der Waals surface area contributed by atoms with Crippen molar-refractivity contribution in [1.29, 1.82) is 0 Å². The molecule has 0 aliphatic heterocycles. The maximum Gasteiger partial charge on any atom is 0.328 e. The van der Waals surface area contributed by atoms with Crippen molar-refractivity contribution < 1.29 is 19.4 Å². The average Bonchev–Trinajstić information content (AvgIpc) is 2.56.